The molecule has 7 nitrogen and oxygen atoms in total. The predicted molar refractivity (Wildman–Crippen MR) is 134 cm³/mol. The van der Waals surface area contributed by atoms with Gasteiger partial charge in [0.2, 0.25) is 0 Å². The first-order valence-electron chi connectivity index (χ1n) is 11.6. The third kappa shape index (κ3) is 5.48. The van der Waals surface area contributed by atoms with Gasteiger partial charge in [-0.1, -0.05) is 54.8 Å². The molecule has 0 unspecified atom stereocenters. The van der Waals surface area contributed by atoms with Crippen LogP contribution in [0.3, 0.4) is 0 Å². The van der Waals surface area contributed by atoms with Crippen molar-refractivity contribution in [1.82, 2.24) is 10.2 Å². The Kier molecular flexibility index (Phi) is 7.53. The standard InChI is InChI=1S/C28H28FN3O4/c1-19-25(35-18-20-8-5-4-6-9-20)24(31-27-28(2,3)36-15-13-32(19)27)26(34)30-17-22-11-12-23(29)16-21(22)10-7-14-33/h4-6,8-9,11-12,16,33H,1,13-15,17-18H2,2-3H3,(H,30,34). The van der Waals surface area contributed by atoms with E-state index in [1.54, 1.807) is 6.07 Å². The van der Waals surface area contributed by atoms with E-state index >= 15 is 0 Å². The molecule has 0 radical (unpaired) electrons. The lowest BCUT2D eigenvalue weighted by atomic mass is 10.0. The number of fused-ring (bicyclic) bond motifs is 1. The van der Waals surface area contributed by atoms with Gasteiger partial charge in [0.15, 0.2) is 11.5 Å². The van der Waals surface area contributed by atoms with Crippen LogP contribution >= 0.6 is 0 Å². The molecular weight excluding hydrogens is 461 g/mol. The molecule has 0 atom stereocenters. The molecule has 1 fully saturated rings. The van der Waals surface area contributed by atoms with Crippen molar-refractivity contribution in [3.05, 3.63) is 94.8 Å². The van der Waals surface area contributed by atoms with Crippen LogP contribution in [-0.4, -0.2) is 47.1 Å². The number of aliphatic imine (C=N–C) groups is 1. The highest BCUT2D eigenvalue weighted by Gasteiger charge is 2.41. The lowest BCUT2D eigenvalue weighted by Crippen LogP contribution is -2.54. The summed E-state index contributed by atoms with van der Waals surface area (Å²) in [4.78, 5) is 20.0. The van der Waals surface area contributed by atoms with Crippen molar-refractivity contribution in [2.45, 2.75) is 32.6 Å². The third-order valence-electron chi connectivity index (χ3n) is 5.85. The monoisotopic (exact) mass is 489 g/mol. The molecule has 2 aromatic rings. The van der Waals surface area contributed by atoms with Gasteiger partial charge in [-0.25, -0.2) is 9.38 Å². The molecule has 0 aliphatic carbocycles. The van der Waals surface area contributed by atoms with Gasteiger partial charge in [0.1, 0.15) is 30.5 Å². The van der Waals surface area contributed by atoms with Gasteiger partial charge in [0, 0.05) is 18.7 Å². The fourth-order valence-corrected chi connectivity index (χ4v) is 4.01. The summed E-state index contributed by atoms with van der Waals surface area (Å²) in [5.41, 5.74) is 1.82. The largest absolute Gasteiger partial charge is 0.484 e. The van der Waals surface area contributed by atoms with E-state index in [9.17, 15) is 9.18 Å². The summed E-state index contributed by atoms with van der Waals surface area (Å²) < 4.78 is 25.7. The van der Waals surface area contributed by atoms with Gasteiger partial charge in [0.25, 0.3) is 5.91 Å². The maximum atomic E-state index is 13.7. The Bertz CT molecular complexity index is 1290. The molecule has 0 saturated carbocycles. The van der Waals surface area contributed by atoms with E-state index in [0.717, 1.165) is 5.56 Å². The first-order chi connectivity index (χ1) is 17.3. The van der Waals surface area contributed by atoms with Crippen LogP contribution in [0.15, 0.2) is 77.3 Å². The summed E-state index contributed by atoms with van der Waals surface area (Å²) >= 11 is 0. The van der Waals surface area contributed by atoms with Crippen LogP contribution in [0.5, 0.6) is 0 Å². The summed E-state index contributed by atoms with van der Waals surface area (Å²) in [6, 6.07) is 13.7. The molecule has 2 aliphatic rings. The Hall–Kier alpha value is -3.93. The zero-order valence-corrected chi connectivity index (χ0v) is 20.3. The van der Waals surface area contributed by atoms with Gasteiger partial charge >= 0.3 is 0 Å². The summed E-state index contributed by atoms with van der Waals surface area (Å²) in [6.45, 7) is 8.97. The summed E-state index contributed by atoms with van der Waals surface area (Å²) in [6.07, 6.45) is 0. The zero-order chi connectivity index (χ0) is 25.7. The average molecular weight is 490 g/mol. The van der Waals surface area contributed by atoms with E-state index < -0.39 is 17.3 Å². The number of hydrogen-bond acceptors (Lipinski definition) is 6. The number of morpholine rings is 1. The fourth-order valence-electron chi connectivity index (χ4n) is 4.01. The molecule has 2 N–H and O–H groups in total. The minimum atomic E-state index is -0.721. The van der Waals surface area contributed by atoms with Gasteiger partial charge in [-0.2, -0.15) is 0 Å². The number of benzene rings is 2. The summed E-state index contributed by atoms with van der Waals surface area (Å²) in [7, 11) is 0. The average Bonchev–Trinajstić information content (AvgIpc) is 2.86. The first kappa shape index (κ1) is 25.2. The van der Waals surface area contributed by atoms with Crippen LogP contribution in [0.1, 0.15) is 30.5 Å². The number of amides is 1. The van der Waals surface area contributed by atoms with E-state index in [2.05, 4.69) is 28.7 Å². The number of rotatable bonds is 6. The molecule has 36 heavy (non-hydrogen) atoms. The molecule has 2 heterocycles. The molecule has 186 valence electrons. The summed E-state index contributed by atoms with van der Waals surface area (Å²) in [5.74, 6) is 5.16. The molecule has 0 spiro atoms. The molecule has 0 aromatic heterocycles. The topological polar surface area (TPSA) is 83.4 Å². The number of amidine groups is 1. The van der Waals surface area contributed by atoms with Crippen LogP contribution in [0, 0.1) is 17.7 Å². The number of aliphatic hydroxyl groups excluding tert-OH is 1. The van der Waals surface area contributed by atoms with Crippen molar-refractivity contribution in [1.29, 1.82) is 0 Å². The van der Waals surface area contributed by atoms with E-state index in [0.29, 0.717) is 35.8 Å². The summed E-state index contributed by atoms with van der Waals surface area (Å²) in [5, 5.41) is 11.8. The number of aliphatic hydroxyl groups is 1. The number of halogens is 1. The maximum Gasteiger partial charge on any atom is 0.274 e. The maximum absolute atomic E-state index is 13.7. The van der Waals surface area contributed by atoms with Crippen molar-refractivity contribution in [3.8, 4) is 11.8 Å². The quantitative estimate of drug-likeness (QED) is 0.609. The van der Waals surface area contributed by atoms with E-state index in [1.165, 1.54) is 12.1 Å². The van der Waals surface area contributed by atoms with Crippen LogP contribution in [0.2, 0.25) is 0 Å². The molecular formula is C28H28FN3O4. The Balaban J connectivity index is 1.64. The second-order valence-corrected chi connectivity index (χ2v) is 8.79. The molecule has 1 amide bonds. The second kappa shape index (κ2) is 10.8. The molecule has 1 saturated heterocycles. The second-order valence-electron chi connectivity index (χ2n) is 8.79. The van der Waals surface area contributed by atoms with Crippen LogP contribution < -0.4 is 5.32 Å². The number of carbonyl (C=O) groups excluding carboxylic acids is 1. The van der Waals surface area contributed by atoms with Gasteiger partial charge in [-0.3, -0.25) is 4.79 Å². The van der Waals surface area contributed by atoms with Crippen LogP contribution in [-0.2, 0) is 27.4 Å². The lowest BCUT2D eigenvalue weighted by Gasteiger charge is -2.43. The minimum absolute atomic E-state index is 0.0744. The van der Waals surface area contributed by atoms with E-state index in [-0.39, 0.29) is 31.2 Å². The van der Waals surface area contributed by atoms with Crippen LogP contribution in [0.4, 0.5) is 4.39 Å². The molecule has 4 rings (SSSR count). The normalized spacial score (nSPS) is 16.5. The van der Waals surface area contributed by atoms with E-state index in [1.807, 2.05) is 49.1 Å². The highest BCUT2D eigenvalue weighted by molar-refractivity contribution is 6.02. The zero-order valence-electron chi connectivity index (χ0n) is 20.3. The smallest absolute Gasteiger partial charge is 0.274 e. The lowest BCUT2D eigenvalue weighted by molar-refractivity contribution is -0.118. The number of nitrogens with one attached hydrogen (secondary N) is 1. The van der Waals surface area contributed by atoms with Gasteiger partial charge in [-0.15, -0.1) is 0 Å². The molecule has 2 aromatic carbocycles. The number of carbonyl (C=O) groups is 1. The number of hydrogen-bond donors (Lipinski definition) is 2. The Morgan fingerprint density at radius 3 is 2.83 bits per heavy atom. The van der Waals surface area contributed by atoms with Crippen molar-refractivity contribution in [2.24, 2.45) is 4.99 Å². The van der Waals surface area contributed by atoms with E-state index in [4.69, 9.17) is 14.6 Å². The van der Waals surface area contributed by atoms with Crippen molar-refractivity contribution in [3.63, 3.8) is 0 Å². The van der Waals surface area contributed by atoms with Gasteiger partial charge < -0.3 is 24.8 Å². The van der Waals surface area contributed by atoms with Crippen LogP contribution in [0.25, 0.3) is 0 Å². The molecule has 2 aliphatic heterocycles. The van der Waals surface area contributed by atoms with Crippen molar-refractivity contribution < 1.29 is 23.8 Å². The van der Waals surface area contributed by atoms with Gasteiger partial charge in [0.05, 0.1) is 12.3 Å². The SMILES string of the molecule is C=C1C(OCc2ccccc2)=C(C(=O)NCc2ccc(F)cc2C#CCO)N=C2N1CCOC2(C)C. The minimum Gasteiger partial charge on any atom is -0.484 e. The Labute approximate surface area is 209 Å². The van der Waals surface area contributed by atoms with Crippen molar-refractivity contribution >= 4 is 11.7 Å². The first-order valence-corrected chi connectivity index (χ1v) is 11.6. The highest BCUT2D eigenvalue weighted by Crippen LogP contribution is 2.33. The Morgan fingerprint density at radius 1 is 1.31 bits per heavy atom. The fraction of sp³-hybridized carbons (Fsp3) is 0.286. The number of ether oxygens (including phenoxy) is 2. The molecule has 8 heteroatoms. The Morgan fingerprint density at radius 2 is 2.08 bits per heavy atom. The molecule has 0 bridgehead atoms. The predicted octanol–water partition coefficient (Wildman–Crippen LogP) is 3.25. The third-order valence-corrected chi connectivity index (χ3v) is 5.85. The van der Waals surface area contributed by atoms with Crippen molar-refractivity contribution in [2.75, 3.05) is 19.8 Å². The van der Waals surface area contributed by atoms with Gasteiger partial charge in [-0.05, 0) is 37.1 Å². The highest BCUT2D eigenvalue weighted by atomic mass is 19.1. The number of nitrogens with zero attached hydrogens (tertiary/aromatic N) is 2.